The van der Waals surface area contributed by atoms with Crippen LogP contribution in [0.2, 0.25) is 0 Å². The predicted octanol–water partition coefficient (Wildman–Crippen LogP) is 2.04. The highest BCUT2D eigenvalue weighted by molar-refractivity contribution is 7.89. The van der Waals surface area contributed by atoms with Crippen LogP contribution in [0.5, 0.6) is 0 Å². The third kappa shape index (κ3) is 3.91. The molecule has 2 rings (SSSR count). The van der Waals surface area contributed by atoms with E-state index in [4.69, 9.17) is 0 Å². The zero-order chi connectivity index (χ0) is 19.7. The number of rotatable bonds is 5. The maximum atomic E-state index is 12.8. The lowest BCUT2D eigenvalue weighted by Gasteiger charge is -2.37. The zero-order valence-corrected chi connectivity index (χ0v) is 16.4. The standard InChI is InChI=1S/C18H26N2O5S/c1-13(2)19(4)26(24,25)15-8-5-7-14(11-15)16(21)20-10-6-9-18(3,12-20)17(22)23/h5,7-8,11,13H,6,9-10,12H2,1-4H3,(H,22,23). The Labute approximate surface area is 154 Å². The van der Waals surface area contributed by atoms with Crippen molar-refractivity contribution in [2.75, 3.05) is 20.1 Å². The van der Waals surface area contributed by atoms with Crippen molar-refractivity contribution in [1.82, 2.24) is 9.21 Å². The van der Waals surface area contributed by atoms with Gasteiger partial charge in [-0.3, -0.25) is 9.59 Å². The molecule has 1 atom stereocenters. The summed E-state index contributed by atoms with van der Waals surface area (Å²) in [5.74, 6) is -1.27. The van der Waals surface area contributed by atoms with Crippen molar-refractivity contribution in [2.24, 2.45) is 5.41 Å². The van der Waals surface area contributed by atoms with Crippen LogP contribution in [-0.2, 0) is 14.8 Å². The molecule has 0 aliphatic carbocycles. The van der Waals surface area contributed by atoms with Gasteiger partial charge in [-0.25, -0.2) is 8.42 Å². The van der Waals surface area contributed by atoms with Crippen LogP contribution in [0.4, 0.5) is 0 Å². The second kappa shape index (κ2) is 7.36. The van der Waals surface area contributed by atoms with Gasteiger partial charge in [-0.2, -0.15) is 4.31 Å². The largest absolute Gasteiger partial charge is 0.481 e. The first-order chi connectivity index (χ1) is 12.0. The molecular weight excluding hydrogens is 356 g/mol. The molecule has 1 N–H and O–H groups in total. The molecule has 0 aromatic heterocycles. The molecule has 0 saturated carbocycles. The molecule has 1 aromatic carbocycles. The van der Waals surface area contributed by atoms with E-state index in [1.807, 2.05) is 0 Å². The van der Waals surface area contributed by atoms with E-state index in [1.54, 1.807) is 26.8 Å². The van der Waals surface area contributed by atoms with Crippen LogP contribution in [0, 0.1) is 5.41 Å². The molecule has 0 radical (unpaired) electrons. The van der Waals surface area contributed by atoms with E-state index < -0.39 is 21.4 Å². The first kappa shape index (κ1) is 20.4. The summed E-state index contributed by atoms with van der Waals surface area (Å²) in [6.07, 6.45) is 1.11. The first-order valence-electron chi connectivity index (χ1n) is 8.60. The number of carboxylic acid groups (broad SMARTS) is 1. The molecule has 1 aliphatic heterocycles. The highest BCUT2D eigenvalue weighted by Gasteiger charge is 2.39. The van der Waals surface area contributed by atoms with Crippen molar-refractivity contribution in [3.8, 4) is 0 Å². The quantitative estimate of drug-likeness (QED) is 0.841. The Kier molecular flexibility index (Phi) is 5.77. The van der Waals surface area contributed by atoms with Crippen molar-refractivity contribution in [3.63, 3.8) is 0 Å². The summed E-state index contributed by atoms with van der Waals surface area (Å²) in [6, 6.07) is 5.71. The highest BCUT2D eigenvalue weighted by Crippen LogP contribution is 2.30. The molecule has 1 heterocycles. The lowest BCUT2D eigenvalue weighted by Crippen LogP contribution is -2.48. The molecule has 8 heteroatoms. The number of sulfonamides is 1. The van der Waals surface area contributed by atoms with Crippen molar-refractivity contribution < 1.29 is 23.1 Å². The lowest BCUT2D eigenvalue weighted by atomic mass is 9.82. The molecule has 1 fully saturated rings. The summed E-state index contributed by atoms with van der Waals surface area (Å²) < 4.78 is 26.5. The monoisotopic (exact) mass is 382 g/mol. The van der Waals surface area contributed by atoms with Crippen LogP contribution < -0.4 is 0 Å². The van der Waals surface area contributed by atoms with E-state index in [2.05, 4.69) is 0 Å². The van der Waals surface area contributed by atoms with Crippen molar-refractivity contribution in [2.45, 2.75) is 44.6 Å². The fraction of sp³-hybridized carbons (Fsp3) is 0.556. The van der Waals surface area contributed by atoms with Crippen LogP contribution in [-0.4, -0.2) is 60.8 Å². The Hall–Kier alpha value is -1.93. The van der Waals surface area contributed by atoms with Gasteiger partial charge in [0.15, 0.2) is 0 Å². The van der Waals surface area contributed by atoms with Gasteiger partial charge in [0, 0.05) is 31.7 Å². The highest BCUT2D eigenvalue weighted by atomic mass is 32.2. The summed E-state index contributed by atoms with van der Waals surface area (Å²) in [5.41, 5.74) is -0.729. The number of carbonyl (C=O) groups is 2. The third-order valence-corrected chi connectivity index (χ3v) is 7.01. The molecule has 7 nitrogen and oxygen atoms in total. The van der Waals surface area contributed by atoms with Crippen LogP contribution in [0.1, 0.15) is 44.0 Å². The zero-order valence-electron chi connectivity index (χ0n) is 15.6. The SMILES string of the molecule is CC(C)N(C)S(=O)(=O)c1cccc(C(=O)N2CCCC(C)(C(=O)O)C2)c1. The van der Waals surface area contributed by atoms with E-state index in [1.165, 1.54) is 34.5 Å². The number of hydrogen-bond donors (Lipinski definition) is 1. The van der Waals surface area contributed by atoms with Crippen LogP contribution >= 0.6 is 0 Å². The van der Waals surface area contributed by atoms with Crippen LogP contribution in [0.25, 0.3) is 0 Å². The average Bonchev–Trinajstić information content (AvgIpc) is 2.60. The maximum Gasteiger partial charge on any atom is 0.311 e. The smallest absolute Gasteiger partial charge is 0.311 e. The summed E-state index contributed by atoms with van der Waals surface area (Å²) >= 11 is 0. The van der Waals surface area contributed by atoms with Gasteiger partial charge in [-0.15, -0.1) is 0 Å². The van der Waals surface area contributed by atoms with Gasteiger partial charge in [0.2, 0.25) is 10.0 Å². The molecule has 0 bridgehead atoms. The van der Waals surface area contributed by atoms with Crippen molar-refractivity contribution >= 4 is 21.9 Å². The molecule has 144 valence electrons. The van der Waals surface area contributed by atoms with Gasteiger partial charge in [0.05, 0.1) is 10.3 Å². The second-order valence-electron chi connectivity index (χ2n) is 7.34. The molecule has 0 spiro atoms. The topological polar surface area (TPSA) is 95.0 Å². The minimum Gasteiger partial charge on any atom is -0.481 e. The number of carboxylic acids is 1. The van der Waals surface area contributed by atoms with Gasteiger partial charge >= 0.3 is 5.97 Å². The second-order valence-corrected chi connectivity index (χ2v) is 9.34. The number of likely N-dealkylation sites (tertiary alicyclic amines) is 1. The minimum absolute atomic E-state index is 0.0533. The predicted molar refractivity (Wildman–Crippen MR) is 97.4 cm³/mol. The van der Waals surface area contributed by atoms with Gasteiger partial charge < -0.3 is 10.0 Å². The molecular formula is C18H26N2O5S. The number of carbonyl (C=O) groups excluding carboxylic acids is 1. The van der Waals surface area contributed by atoms with E-state index in [-0.39, 0.29) is 29.0 Å². The average molecular weight is 382 g/mol. The van der Waals surface area contributed by atoms with Crippen molar-refractivity contribution in [3.05, 3.63) is 29.8 Å². The Bertz CT molecular complexity index is 806. The fourth-order valence-corrected chi connectivity index (χ4v) is 4.42. The molecule has 1 aromatic rings. The Morgan fingerprint density at radius 1 is 1.31 bits per heavy atom. The summed E-state index contributed by atoms with van der Waals surface area (Å²) in [6.45, 7) is 5.75. The van der Waals surface area contributed by atoms with E-state index in [0.717, 1.165) is 0 Å². The fourth-order valence-electron chi connectivity index (χ4n) is 3.00. The van der Waals surface area contributed by atoms with Crippen LogP contribution in [0.3, 0.4) is 0 Å². The molecule has 1 unspecified atom stereocenters. The number of benzene rings is 1. The summed E-state index contributed by atoms with van der Waals surface area (Å²) in [5, 5.41) is 9.41. The lowest BCUT2D eigenvalue weighted by molar-refractivity contribution is -0.150. The number of aliphatic carboxylic acids is 1. The van der Waals surface area contributed by atoms with E-state index in [9.17, 15) is 23.1 Å². The number of amides is 1. The number of hydrogen-bond acceptors (Lipinski definition) is 4. The van der Waals surface area contributed by atoms with Gasteiger partial charge in [0.25, 0.3) is 5.91 Å². The van der Waals surface area contributed by atoms with Crippen LogP contribution in [0.15, 0.2) is 29.2 Å². The number of nitrogens with zero attached hydrogens (tertiary/aromatic N) is 2. The Morgan fingerprint density at radius 2 is 1.96 bits per heavy atom. The van der Waals surface area contributed by atoms with Gasteiger partial charge in [0.1, 0.15) is 0 Å². The van der Waals surface area contributed by atoms with Crippen molar-refractivity contribution in [1.29, 1.82) is 0 Å². The summed E-state index contributed by atoms with van der Waals surface area (Å²) in [7, 11) is -2.20. The maximum absolute atomic E-state index is 12.8. The Morgan fingerprint density at radius 3 is 2.54 bits per heavy atom. The van der Waals surface area contributed by atoms with E-state index >= 15 is 0 Å². The molecule has 1 amide bonds. The summed E-state index contributed by atoms with van der Waals surface area (Å²) in [4.78, 5) is 25.8. The number of piperidine rings is 1. The van der Waals surface area contributed by atoms with E-state index in [0.29, 0.717) is 19.4 Å². The third-order valence-electron chi connectivity index (χ3n) is 4.99. The normalized spacial score (nSPS) is 21.2. The Balaban J connectivity index is 2.30. The molecule has 26 heavy (non-hydrogen) atoms. The minimum atomic E-state index is -3.69. The van der Waals surface area contributed by atoms with Gasteiger partial charge in [-0.05, 0) is 51.8 Å². The molecule has 1 aliphatic rings. The first-order valence-corrected chi connectivity index (χ1v) is 10.0. The van der Waals surface area contributed by atoms with Gasteiger partial charge in [-0.1, -0.05) is 6.07 Å². The molecule has 1 saturated heterocycles.